The molecule has 1 saturated heterocycles. The molecule has 2 fully saturated rings. The Morgan fingerprint density at radius 2 is 1.83 bits per heavy atom. The Labute approximate surface area is 147 Å². The number of para-hydroxylation sites is 1. The van der Waals surface area contributed by atoms with Crippen LogP contribution in [-0.4, -0.2) is 23.1 Å². The minimum Gasteiger partial charge on any atom is -0.489 e. The molecule has 4 heteroatoms. The number of nitrogens with zero attached hydrogens (tertiary/aromatic N) is 1. The smallest absolute Gasteiger partial charge is 0.226 e. The highest BCUT2D eigenvalue weighted by atomic mass is 32.2. The molecule has 0 spiro atoms. The lowest BCUT2D eigenvalue weighted by molar-refractivity contribution is -0.132. The maximum Gasteiger partial charge on any atom is 0.226 e. The van der Waals surface area contributed by atoms with Crippen LogP contribution in [0.5, 0.6) is 5.75 Å². The maximum atomic E-state index is 12.6. The second-order valence-corrected chi connectivity index (χ2v) is 7.53. The van der Waals surface area contributed by atoms with Gasteiger partial charge in [-0.25, -0.2) is 0 Å². The van der Waals surface area contributed by atoms with E-state index in [1.54, 1.807) is 0 Å². The third-order valence-electron chi connectivity index (χ3n) is 4.52. The second kappa shape index (κ2) is 6.89. The van der Waals surface area contributed by atoms with Crippen LogP contribution in [-0.2, 0) is 11.4 Å². The first kappa shape index (κ1) is 15.6. The Balaban J connectivity index is 1.53. The van der Waals surface area contributed by atoms with E-state index in [-0.39, 0.29) is 11.3 Å². The van der Waals surface area contributed by atoms with Gasteiger partial charge in [0.1, 0.15) is 17.7 Å². The first-order chi connectivity index (χ1) is 11.8. The lowest BCUT2D eigenvalue weighted by Crippen LogP contribution is -2.31. The molecule has 1 atom stereocenters. The molecular formula is C20H21NO2S. The van der Waals surface area contributed by atoms with Gasteiger partial charge < -0.3 is 9.64 Å². The van der Waals surface area contributed by atoms with E-state index in [2.05, 4.69) is 18.2 Å². The standard InChI is InChI=1S/C20H21NO2S/c22-19(16-10-11-16)21-12-13-24-20(21)17-8-4-5-9-18(17)23-14-15-6-2-1-3-7-15/h1-9,16,20H,10-14H2. The zero-order valence-corrected chi connectivity index (χ0v) is 14.4. The highest BCUT2D eigenvalue weighted by Crippen LogP contribution is 2.44. The van der Waals surface area contributed by atoms with Crippen LogP contribution in [0, 0.1) is 5.92 Å². The van der Waals surface area contributed by atoms with Gasteiger partial charge in [0, 0.05) is 23.8 Å². The molecular weight excluding hydrogens is 318 g/mol. The molecule has 2 aromatic carbocycles. The van der Waals surface area contributed by atoms with Gasteiger partial charge >= 0.3 is 0 Å². The fraction of sp³-hybridized carbons (Fsp3) is 0.350. The molecule has 0 N–H and O–H groups in total. The Morgan fingerprint density at radius 1 is 1.08 bits per heavy atom. The number of thioether (sulfide) groups is 1. The summed E-state index contributed by atoms with van der Waals surface area (Å²) in [4.78, 5) is 14.6. The van der Waals surface area contributed by atoms with Crippen molar-refractivity contribution in [1.29, 1.82) is 0 Å². The van der Waals surface area contributed by atoms with Crippen LogP contribution >= 0.6 is 11.8 Å². The van der Waals surface area contributed by atoms with Gasteiger partial charge in [-0.1, -0.05) is 48.5 Å². The quantitative estimate of drug-likeness (QED) is 0.815. The maximum absolute atomic E-state index is 12.6. The predicted octanol–water partition coefficient (Wildman–Crippen LogP) is 4.25. The normalized spacial score (nSPS) is 20.2. The summed E-state index contributed by atoms with van der Waals surface area (Å²) in [6.45, 7) is 1.39. The molecule has 1 aliphatic heterocycles. The number of rotatable bonds is 5. The van der Waals surface area contributed by atoms with Crippen LogP contribution in [0.25, 0.3) is 0 Å². The van der Waals surface area contributed by atoms with Gasteiger partial charge in [-0.05, 0) is 24.5 Å². The van der Waals surface area contributed by atoms with Gasteiger partial charge in [-0.3, -0.25) is 4.79 Å². The molecule has 4 rings (SSSR count). The molecule has 1 aliphatic carbocycles. The first-order valence-electron chi connectivity index (χ1n) is 8.50. The number of amides is 1. The SMILES string of the molecule is O=C(C1CC1)N1CCSC1c1ccccc1OCc1ccccc1. The summed E-state index contributed by atoms with van der Waals surface area (Å²) < 4.78 is 6.09. The highest BCUT2D eigenvalue weighted by Gasteiger charge is 2.39. The zero-order chi connectivity index (χ0) is 16.4. The van der Waals surface area contributed by atoms with Crippen LogP contribution in [0.3, 0.4) is 0 Å². The Hall–Kier alpha value is -1.94. The van der Waals surface area contributed by atoms with E-state index in [1.807, 2.05) is 53.1 Å². The Kier molecular flexibility index (Phi) is 4.48. The van der Waals surface area contributed by atoms with E-state index in [0.717, 1.165) is 42.0 Å². The molecule has 0 bridgehead atoms. The number of ether oxygens (including phenoxy) is 1. The van der Waals surface area contributed by atoms with Crippen LogP contribution in [0.2, 0.25) is 0 Å². The van der Waals surface area contributed by atoms with Gasteiger partial charge in [-0.15, -0.1) is 11.8 Å². The van der Waals surface area contributed by atoms with Crippen LogP contribution in [0.15, 0.2) is 54.6 Å². The first-order valence-corrected chi connectivity index (χ1v) is 9.55. The number of carbonyl (C=O) groups excluding carboxylic acids is 1. The molecule has 24 heavy (non-hydrogen) atoms. The van der Waals surface area contributed by atoms with Gasteiger partial charge in [0.05, 0.1) is 0 Å². The molecule has 124 valence electrons. The summed E-state index contributed by atoms with van der Waals surface area (Å²) in [7, 11) is 0. The fourth-order valence-electron chi connectivity index (χ4n) is 3.07. The van der Waals surface area contributed by atoms with Crippen molar-refractivity contribution >= 4 is 17.7 Å². The van der Waals surface area contributed by atoms with Crippen molar-refractivity contribution < 1.29 is 9.53 Å². The van der Waals surface area contributed by atoms with Crippen LogP contribution < -0.4 is 4.74 Å². The predicted molar refractivity (Wildman–Crippen MR) is 96.9 cm³/mol. The summed E-state index contributed by atoms with van der Waals surface area (Å²) in [5.74, 6) is 2.47. The van der Waals surface area contributed by atoms with Crippen molar-refractivity contribution in [3.63, 3.8) is 0 Å². The number of hydrogen-bond acceptors (Lipinski definition) is 3. The summed E-state index contributed by atoms with van der Waals surface area (Å²) in [6.07, 6.45) is 2.11. The van der Waals surface area contributed by atoms with E-state index in [4.69, 9.17) is 4.74 Å². The summed E-state index contributed by atoms with van der Waals surface area (Å²) in [5.41, 5.74) is 2.27. The third-order valence-corrected chi connectivity index (χ3v) is 5.77. The summed E-state index contributed by atoms with van der Waals surface area (Å²) >= 11 is 1.84. The van der Waals surface area contributed by atoms with E-state index in [0.29, 0.717) is 12.5 Å². The Bertz CT molecular complexity index is 715. The molecule has 1 saturated carbocycles. The van der Waals surface area contributed by atoms with Gasteiger partial charge in [-0.2, -0.15) is 0 Å². The van der Waals surface area contributed by atoms with Crippen LogP contribution in [0.1, 0.15) is 29.3 Å². The van der Waals surface area contributed by atoms with Crippen molar-refractivity contribution in [2.45, 2.75) is 24.8 Å². The van der Waals surface area contributed by atoms with Crippen molar-refractivity contribution in [1.82, 2.24) is 4.90 Å². The number of benzene rings is 2. The van der Waals surface area contributed by atoms with Crippen LogP contribution in [0.4, 0.5) is 0 Å². The van der Waals surface area contributed by atoms with E-state index in [9.17, 15) is 4.79 Å². The van der Waals surface area contributed by atoms with E-state index in [1.165, 1.54) is 0 Å². The monoisotopic (exact) mass is 339 g/mol. The minimum atomic E-state index is 0.0880. The average Bonchev–Trinajstić information content (AvgIpc) is 3.37. The molecule has 2 aliphatic rings. The number of carbonyl (C=O) groups is 1. The molecule has 0 radical (unpaired) electrons. The largest absolute Gasteiger partial charge is 0.489 e. The molecule has 1 heterocycles. The summed E-state index contributed by atoms with van der Waals surface area (Å²) in [5, 5.41) is 0.0880. The van der Waals surface area contributed by atoms with Crippen molar-refractivity contribution in [2.75, 3.05) is 12.3 Å². The molecule has 0 aromatic heterocycles. The fourth-order valence-corrected chi connectivity index (χ4v) is 4.36. The third kappa shape index (κ3) is 3.29. The van der Waals surface area contributed by atoms with E-state index < -0.39 is 0 Å². The molecule has 3 nitrogen and oxygen atoms in total. The molecule has 2 aromatic rings. The second-order valence-electron chi connectivity index (χ2n) is 6.34. The van der Waals surface area contributed by atoms with Gasteiger partial charge in [0.25, 0.3) is 0 Å². The number of hydrogen-bond donors (Lipinski definition) is 0. The highest BCUT2D eigenvalue weighted by molar-refractivity contribution is 7.99. The van der Waals surface area contributed by atoms with E-state index >= 15 is 0 Å². The lowest BCUT2D eigenvalue weighted by atomic mass is 10.1. The van der Waals surface area contributed by atoms with Crippen molar-refractivity contribution in [3.8, 4) is 5.75 Å². The molecule has 1 unspecified atom stereocenters. The van der Waals surface area contributed by atoms with Gasteiger partial charge in [0.15, 0.2) is 0 Å². The minimum absolute atomic E-state index is 0.0880. The summed E-state index contributed by atoms with van der Waals surface area (Å²) in [6, 6.07) is 18.3. The zero-order valence-electron chi connectivity index (χ0n) is 13.6. The topological polar surface area (TPSA) is 29.5 Å². The Morgan fingerprint density at radius 3 is 2.62 bits per heavy atom. The van der Waals surface area contributed by atoms with Crippen molar-refractivity contribution in [3.05, 3.63) is 65.7 Å². The average molecular weight is 339 g/mol. The van der Waals surface area contributed by atoms with Gasteiger partial charge in [0.2, 0.25) is 5.91 Å². The lowest BCUT2D eigenvalue weighted by Gasteiger charge is -2.25. The molecule has 1 amide bonds. The van der Waals surface area contributed by atoms with Crippen molar-refractivity contribution in [2.24, 2.45) is 5.92 Å².